The van der Waals surface area contributed by atoms with E-state index in [1.165, 1.54) is 0 Å². The van der Waals surface area contributed by atoms with Crippen molar-refractivity contribution >= 4 is 11.7 Å². The molecule has 98 valence electrons. The summed E-state index contributed by atoms with van der Waals surface area (Å²) in [5.41, 5.74) is 0. The van der Waals surface area contributed by atoms with Crippen molar-refractivity contribution in [2.24, 2.45) is 5.92 Å². The number of piperidine rings is 1. The van der Waals surface area contributed by atoms with E-state index in [9.17, 15) is 9.59 Å². The monoisotopic (exact) mass is 240 g/mol. The van der Waals surface area contributed by atoms with Crippen molar-refractivity contribution in [1.29, 1.82) is 0 Å². The fraction of sp³-hybridized carbons (Fsp3) is 0.846. The van der Waals surface area contributed by atoms with E-state index in [4.69, 9.17) is 0 Å². The molecule has 1 aliphatic heterocycles. The molecule has 1 aliphatic rings. The quantitative estimate of drug-likeness (QED) is 0.803. The molecular formula is C13H24N2O2. The highest BCUT2D eigenvalue weighted by molar-refractivity contribution is 5.84. The van der Waals surface area contributed by atoms with Gasteiger partial charge in [0.05, 0.1) is 6.04 Å². The van der Waals surface area contributed by atoms with Crippen molar-refractivity contribution in [3.8, 4) is 0 Å². The van der Waals surface area contributed by atoms with E-state index in [1.54, 1.807) is 0 Å². The number of nitrogens with one attached hydrogen (secondary N) is 1. The van der Waals surface area contributed by atoms with Crippen LogP contribution in [0.25, 0.3) is 0 Å². The number of hydrogen-bond donors (Lipinski definition) is 1. The first-order valence-electron chi connectivity index (χ1n) is 6.52. The fourth-order valence-electron chi connectivity index (χ4n) is 2.03. The molecule has 0 saturated carbocycles. The Morgan fingerprint density at radius 1 is 1.53 bits per heavy atom. The predicted octanol–water partition coefficient (Wildman–Crippen LogP) is 1.20. The zero-order chi connectivity index (χ0) is 13.0. The van der Waals surface area contributed by atoms with Gasteiger partial charge in [0.25, 0.3) is 0 Å². The van der Waals surface area contributed by atoms with Crippen molar-refractivity contribution in [3.63, 3.8) is 0 Å². The van der Waals surface area contributed by atoms with Crippen LogP contribution in [0.4, 0.5) is 0 Å². The van der Waals surface area contributed by atoms with Gasteiger partial charge in [0, 0.05) is 31.5 Å². The van der Waals surface area contributed by atoms with Gasteiger partial charge in [0.1, 0.15) is 5.78 Å². The summed E-state index contributed by atoms with van der Waals surface area (Å²) in [5.74, 6) is 0.444. The van der Waals surface area contributed by atoms with Crippen LogP contribution in [0.5, 0.6) is 0 Å². The van der Waals surface area contributed by atoms with Crippen LogP contribution < -0.4 is 5.32 Å². The van der Waals surface area contributed by atoms with Gasteiger partial charge in [0.2, 0.25) is 5.91 Å². The molecule has 0 spiro atoms. The topological polar surface area (TPSA) is 49.4 Å². The lowest BCUT2D eigenvalue weighted by atomic mass is 9.97. The minimum Gasteiger partial charge on any atom is -0.352 e. The number of carbonyl (C=O) groups excluding carboxylic acids is 2. The van der Waals surface area contributed by atoms with E-state index in [-0.39, 0.29) is 23.9 Å². The van der Waals surface area contributed by atoms with Crippen LogP contribution in [0.15, 0.2) is 0 Å². The highest BCUT2D eigenvalue weighted by Crippen LogP contribution is 2.15. The zero-order valence-corrected chi connectivity index (χ0v) is 11.3. The average Bonchev–Trinajstić information content (AvgIpc) is 2.31. The smallest absolute Gasteiger partial charge is 0.237 e. The Labute approximate surface area is 104 Å². The van der Waals surface area contributed by atoms with E-state index in [1.807, 2.05) is 20.8 Å². The summed E-state index contributed by atoms with van der Waals surface area (Å²) in [5, 5.41) is 2.99. The van der Waals surface area contributed by atoms with Crippen molar-refractivity contribution in [1.82, 2.24) is 10.2 Å². The molecule has 4 nitrogen and oxygen atoms in total. The van der Waals surface area contributed by atoms with Crippen LogP contribution in [-0.2, 0) is 9.59 Å². The average molecular weight is 240 g/mol. The number of carbonyl (C=O) groups is 2. The van der Waals surface area contributed by atoms with Gasteiger partial charge in [0.15, 0.2) is 0 Å². The maximum atomic E-state index is 12.0. The number of amides is 1. The second kappa shape index (κ2) is 6.15. The number of hydrogen-bond acceptors (Lipinski definition) is 3. The Morgan fingerprint density at radius 3 is 2.71 bits per heavy atom. The molecule has 1 heterocycles. The first-order valence-corrected chi connectivity index (χ1v) is 6.52. The van der Waals surface area contributed by atoms with E-state index >= 15 is 0 Å². The zero-order valence-electron chi connectivity index (χ0n) is 11.3. The molecule has 1 fully saturated rings. The molecule has 1 rings (SSSR count). The predicted molar refractivity (Wildman–Crippen MR) is 67.7 cm³/mol. The first kappa shape index (κ1) is 14.2. The molecule has 3 atom stereocenters. The number of ketones is 1. The maximum absolute atomic E-state index is 12.0. The number of likely N-dealkylation sites (tertiary alicyclic amines) is 1. The molecule has 0 aromatic rings. The summed E-state index contributed by atoms with van der Waals surface area (Å²) >= 11 is 0. The Bertz CT molecular complexity index is 291. The molecule has 17 heavy (non-hydrogen) atoms. The summed E-state index contributed by atoms with van der Waals surface area (Å²) in [7, 11) is 0. The van der Waals surface area contributed by atoms with Crippen LogP contribution >= 0.6 is 0 Å². The van der Waals surface area contributed by atoms with Crippen molar-refractivity contribution in [2.45, 2.75) is 52.6 Å². The van der Waals surface area contributed by atoms with Crippen LogP contribution in [0.1, 0.15) is 40.5 Å². The van der Waals surface area contributed by atoms with Crippen LogP contribution in [0, 0.1) is 5.92 Å². The summed E-state index contributed by atoms with van der Waals surface area (Å²) < 4.78 is 0. The van der Waals surface area contributed by atoms with Crippen molar-refractivity contribution < 1.29 is 9.59 Å². The maximum Gasteiger partial charge on any atom is 0.237 e. The van der Waals surface area contributed by atoms with Gasteiger partial charge >= 0.3 is 0 Å². The van der Waals surface area contributed by atoms with Gasteiger partial charge in [-0.25, -0.2) is 0 Å². The summed E-state index contributed by atoms with van der Waals surface area (Å²) in [4.78, 5) is 25.5. The Morgan fingerprint density at radius 2 is 2.18 bits per heavy atom. The van der Waals surface area contributed by atoms with Crippen LogP contribution in [-0.4, -0.2) is 41.8 Å². The third-order valence-electron chi connectivity index (χ3n) is 3.63. The van der Waals surface area contributed by atoms with E-state index in [0.29, 0.717) is 25.3 Å². The molecule has 0 bridgehead atoms. The van der Waals surface area contributed by atoms with Gasteiger partial charge in [-0.15, -0.1) is 0 Å². The summed E-state index contributed by atoms with van der Waals surface area (Å²) in [6.45, 7) is 9.32. The highest BCUT2D eigenvalue weighted by atomic mass is 16.2. The van der Waals surface area contributed by atoms with E-state index in [2.05, 4.69) is 17.1 Å². The van der Waals surface area contributed by atoms with E-state index in [0.717, 1.165) is 6.42 Å². The molecular weight excluding hydrogens is 216 g/mol. The minimum absolute atomic E-state index is 0.0580. The Kier molecular flexibility index (Phi) is 5.12. The molecule has 3 unspecified atom stereocenters. The summed E-state index contributed by atoms with van der Waals surface area (Å²) in [6.07, 6.45) is 1.51. The second-order valence-electron chi connectivity index (χ2n) is 5.11. The van der Waals surface area contributed by atoms with E-state index < -0.39 is 0 Å². The van der Waals surface area contributed by atoms with Crippen molar-refractivity contribution in [2.75, 3.05) is 13.1 Å². The normalized spacial score (nSPS) is 25.4. The largest absolute Gasteiger partial charge is 0.352 e. The molecule has 0 aromatic heterocycles. The molecule has 1 saturated heterocycles. The Hall–Kier alpha value is -0.900. The standard InChI is InChI=1S/C13H24N2O2/c1-5-10(3)14-13(17)11(4)15-7-6-12(16)9(2)8-15/h9-11H,5-8H2,1-4H3,(H,14,17). The third kappa shape index (κ3) is 3.80. The van der Waals surface area contributed by atoms with Gasteiger partial charge in [-0.1, -0.05) is 13.8 Å². The molecule has 1 N–H and O–H groups in total. The fourth-order valence-corrected chi connectivity index (χ4v) is 2.03. The van der Waals surface area contributed by atoms with Crippen molar-refractivity contribution in [3.05, 3.63) is 0 Å². The van der Waals surface area contributed by atoms with Gasteiger partial charge in [-0.05, 0) is 20.3 Å². The molecule has 0 aromatic carbocycles. The first-order chi connectivity index (χ1) is 7.95. The minimum atomic E-state index is -0.139. The van der Waals surface area contributed by atoms with Crippen LogP contribution in [0.2, 0.25) is 0 Å². The van der Waals surface area contributed by atoms with Crippen LogP contribution in [0.3, 0.4) is 0 Å². The molecule has 0 radical (unpaired) electrons. The highest BCUT2D eigenvalue weighted by Gasteiger charge is 2.29. The number of rotatable bonds is 4. The van der Waals surface area contributed by atoms with Gasteiger partial charge < -0.3 is 5.32 Å². The molecule has 4 heteroatoms. The van der Waals surface area contributed by atoms with Gasteiger partial charge in [-0.2, -0.15) is 0 Å². The lowest BCUT2D eigenvalue weighted by Gasteiger charge is -2.34. The third-order valence-corrected chi connectivity index (χ3v) is 3.63. The van der Waals surface area contributed by atoms with Gasteiger partial charge in [-0.3, -0.25) is 14.5 Å². The lowest BCUT2D eigenvalue weighted by molar-refractivity contribution is -0.132. The second-order valence-corrected chi connectivity index (χ2v) is 5.11. The molecule has 1 amide bonds. The number of Topliss-reactive ketones (excluding diaryl/α,β-unsaturated/α-hetero) is 1. The summed E-state index contributed by atoms with van der Waals surface area (Å²) in [6, 6.07) is 0.0772. The Balaban J connectivity index is 2.49. The molecule has 0 aliphatic carbocycles. The lowest BCUT2D eigenvalue weighted by Crippen LogP contribution is -2.52. The number of nitrogens with zero attached hydrogens (tertiary/aromatic N) is 1. The SMILES string of the molecule is CCC(C)NC(=O)C(C)N1CCC(=O)C(C)C1.